The van der Waals surface area contributed by atoms with Crippen LogP contribution in [0.2, 0.25) is 0 Å². The molecule has 8 nitrogen and oxygen atoms in total. The van der Waals surface area contributed by atoms with Gasteiger partial charge in [0.25, 0.3) is 5.91 Å². The summed E-state index contributed by atoms with van der Waals surface area (Å²) in [5, 5.41) is 10.5. The maximum atomic E-state index is 13.0. The second-order valence-corrected chi connectivity index (χ2v) is 8.65. The van der Waals surface area contributed by atoms with Crippen LogP contribution in [0.1, 0.15) is 67.7 Å². The number of hydrogen-bond acceptors (Lipinski definition) is 5. The number of aryl methyl sites for hydroxylation is 1. The minimum absolute atomic E-state index is 0.0890. The van der Waals surface area contributed by atoms with Crippen LogP contribution in [-0.4, -0.2) is 46.9 Å². The van der Waals surface area contributed by atoms with E-state index in [4.69, 9.17) is 9.47 Å². The zero-order valence-corrected chi connectivity index (χ0v) is 19.6. The summed E-state index contributed by atoms with van der Waals surface area (Å²) in [5.41, 5.74) is 2.36. The average Bonchev–Trinajstić information content (AvgIpc) is 3.38. The number of rotatable bonds is 9. The van der Waals surface area contributed by atoms with Crippen molar-refractivity contribution in [3.8, 4) is 5.75 Å². The first-order valence-corrected chi connectivity index (χ1v) is 11.2. The van der Waals surface area contributed by atoms with Crippen LogP contribution >= 0.6 is 0 Å². The monoisotopic (exact) mass is 442 g/mol. The Kier molecular flexibility index (Phi) is 7.90. The molecule has 1 heterocycles. The normalized spacial score (nSPS) is 19.1. The maximum absolute atomic E-state index is 13.0. The molecule has 0 aliphatic heterocycles. The fourth-order valence-electron chi connectivity index (χ4n) is 4.02. The average molecular weight is 443 g/mol. The number of nitrogens with one attached hydrogen (secondary N) is 2. The van der Waals surface area contributed by atoms with Crippen molar-refractivity contribution >= 4 is 11.8 Å². The van der Waals surface area contributed by atoms with Gasteiger partial charge in [-0.1, -0.05) is 12.1 Å². The van der Waals surface area contributed by atoms with Crippen LogP contribution in [0.5, 0.6) is 5.75 Å². The smallest absolute Gasteiger partial charge is 0.270 e. The van der Waals surface area contributed by atoms with Gasteiger partial charge in [0.05, 0.1) is 19.9 Å². The summed E-state index contributed by atoms with van der Waals surface area (Å²) in [6, 6.07) is 7.42. The molecule has 1 saturated carbocycles. The molecule has 3 atom stereocenters. The number of benzene rings is 1. The molecule has 1 aliphatic carbocycles. The molecule has 3 rings (SSSR count). The molecule has 1 unspecified atom stereocenters. The Morgan fingerprint density at radius 3 is 2.59 bits per heavy atom. The van der Waals surface area contributed by atoms with Crippen molar-refractivity contribution in [2.75, 3.05) is 7.11 Å². The highest BCUT2D eigenvalue weighted by atomic mass is 16.5. The molecule has 2 N–H and O–H groups in total. The van der Waals surface area contributed by atoms with Gasteiger partial charge in [-0.3, -0.25) is 14.3 Å². The molecule has 32 heavy (non-hydrogen) atoms. The van der Waals surface area contributed by atoms with Gasteiger partial charge in [0, 0.05) is 18.1 Å². The predicted molar refractivity (Wildman–Crippen MR) is 122 cm³/mol. The lowest BCUT2D eigenvalue weighted by molar-refractivity contribution is -0.133. The lowest BCUT2D eigenvalue weighted by atomic mass is 10.1. The van der Waals surface area contributed by atoms with Crippen molar-refractivity contribution in [1.29, 1.82) is 0 Å². The van der Waals surface area contributed by atoms with Crippen molar-refractivity contribution in [2.45, 2.75) is 77.8 Å². The lowest BCUT2D eigenvalue weighted by Crippen LogP contribution is -2.51. The summed E-state index contributed by atoms with van der Waals surface area (Å²) < 4.78 is 12.7. The molecule has 0 spiro atoms. The van der Waals surface area contributed by atoms with E-state index in [-0.39, 0.29) is 29.9 Å². The molecule has 174 valence electrons. The maximum Gasteiger partial charge on any atom is 0.270 e. The van der Waals surface area contributed by atoms with E-state index in [1.165, 1.54) is 0 Å². The zero-order chi connectivity index (χ0) is 23.3. The van der Waals surface area contributed by atoms with E-state index >= 15 is 0 Å². The Morgan fingerprint density at radius 2 is 1.91 bits per heavy atom. The molecule has 0 radical (unpaired) electrons. The zero-order valence-electron chi connectivity index (χ0n) is 19.6. The fraction of sp³-hybridized carbons (Fsp3) is 0.542. The Balaban J connectivity index is 1.55. The number of amides is 2. The van der Waals surface area contributed by atoms with E-state index in [0.29, 0.717) is 12.3 Å². The highest BCUT2D eigenvalue weighted by Gasteiger charge is 2.32. The van der Waals surface area contributed by atoms with Gasteiger partial charge in [0.1, 0.15) is 17.5 Å². The van der Waals surface area contributed by atoms with E-state index in [0.717, 1.165) is 36.1 Å². The van der Waals surface area contributed by atoms with E-state index in [1.807, 2.05) is 45.0 Å². The van der Waals surface area contributed by atoms with Crippen LogP contribution in [0.3, 0.4) is 0 Å². The van der Waals surface area contributed by atoms with E-state index in [2.05, 4.69) is 15.7 Å². The Hall–Kier alpha value is -2.87. The molecule has 2 amide bonds. The number of nitrogens with zero attached hydrogens (tertiary/aromatic N) is 2. The second-order valence-electron chi connectivity index (χ2n) is 8.65. The van der Waals surface area contributed by atoms with Crippen molar-refractivity contribution < 1.29 is 19.1 Å². The van der Waals surface area contributed by atoms with Crippen LogP contribution < -0.4 is 15.4 Å². The SMILES string of the molecule is COc1cccc(COC(C)C(=O)N[C@@H]2CCC[C@H]2NC(=O)c2c(C)cnn2C(C)C)c1. The van der Waals surface area contributed by atoms with Crippen molar-refractivity contribution in [2.24, 2.45) is 0 Å². The first-order chi connectivity index (χ1) is 15.3. The van der Waals surface area contributed by atoms with Crippen LogP contribution in [0.25, 0.3) is 0 Å². The Labute approximate surface area is 189 Å². The van der Waals surface area contributed by atoms with Gasteiger partial charge in [-0.25, -0.2) is 0 Å². The van der Waals surface area contributed by atoms with Gasteiger partial charge in [0.15, 0.2) is 0 Å². The Morgan fingerprint density at radius 1 is 1.19 bits per heavy atom. The summed E-state index contributed by atoms with van der Waals surface area (Å²) in [5.74, 6) is 0.423. The summed E-state index contributed by atoms with van der Waals surface area (Å²) in [7, 11) is 1.62. The second kappa shape index (κ2) is 10.6. The molecular formula is C24H34N4O4. The van der Waals surface area contributed by atoms with Crippen LogP contribution in [0.4, 0.5) is 0 Å². The predicted octanol–water partition coefficient (Wildman–Crippen LogP) is 3.15. The molecule has 1 aliphatic rings. The van der Waals surface area contributed by atoms with Gasteiger partial charge >= 0.3 is 0 Å². The molecule has 1 aromatic heterocycles. The third-order valence-electron chi connectivity index (χ3n) is 5.85. The minimum Gasteiger partial charge on any atom is -0.497 e. The van der Waals surface area contributed by atoms with Gasteiger partial charge in [-0.15, -0.1) is 0 Å². The fourth-order valence-corrected chi connectivity index (χ4v) is 4.02. The lowest BCUT2D eigenvalue weighted by Gasteiger charge is -2.24. The van der Waals surface area contributed by atoms with E-state index in [1.54, 1.807) is 24.9 Å². The molecule has 8 heteroatoms. The highest BCUT2D eigenvalue weighted by molar-refractivity contribution is 5.94. The third kappa shape index (κ3) is 5.68. The summed E-state index contributed by atoms with van der Waals surface area (Å²) in [6.45, 7) is 7.93. The van der Waals surface area contributed by atoms with E-state index in [9.17, 15) is 9.59 Å². The molecule has 1 fully saturated rings. The minimum atomic E-state index is -0.609. The highest BCUT2D eigenvalue weighted by Crippen LogP contribution is 2.21. The van der Waals surface area contributed by atoms with Crippen LogP contribution in [-0.2, 0) is 16.1 Å². The number of aromatic nitrogens is 2. The summed E-state index contributed by atoms with van der Waals surface area (Å²) >= 11 is 0. The first kappa shape index (κ1) is 23.8. The van der Waals surface area contributed by atoms with Gasteiger partial charge in [-0.2, -0.15) is 5.10 Å². The quantitative estimate of drug-likeness (QED) is 0.622. The van der Waals surface area contributed by atoms with Crippen LogP contribution in [0, 0.1) is 6.92 Å². The Bertz CT molecular complexity index is 940. The molecule has 2 aromatic rings. The molecule has 1 aromatic carbocycles. The number of carbonyl (C=O) groups is 2. The topological polar surface area (TPSA) is 94.5 Å². The van der Waals surface area contributed by atoms with Crippen molar-refractivity contribution in [1.82, 2.24) is 20.4 Å². The third-order valence-corrected chi connectivity index (χ3v) is 5.85. The van der Waals surface area contributed by atoms with E-state index < -0.39 is 6.10 Å². The van der Waals surface area contributed by atoms with Crippen LogP contribution in [0.15, 0.2) is 30.5 Å². The summed E-state index contributed by atoms with van der Waals surface area (Å²) in [6.07, 6.45) is 3.69. The number of hydrogen-bond donors (Lipinski definition) is 2. The summed E-state index contributed by atoms with van der Waals surface area (Å²) in [4.78, 5) is 25.7. The molecular weight excluding hydrogens is 408 g/mol. The standard InChI is InChI=1S/C24H34N4O4/c1-15(2)28-22(16(3)13-25-28)24(30)27-21-11-7-10-20(21)26-23(29)17(4)32-14-18-8-6-9-19(12-18)31-5/h6,8-9,12-13,15,17,20-21H,7,10-11,14H2,1-5H3,(H,26,29)(H,27,30)/t17?,20-,21-/m1/s1. The number of methoxy groups -OCH3 is 1. The van der Waals surface area contributed by atoms with Crippen molar-refractivity contribution in [3.63, 3.8) is 0 Å². The van der Waals surface area contributed by atoms with Gasteiger partial charge in [0.2, 0.25) is 5.91 Å². The number of ether oxygens (including phenoxy) is 2. The number of carbonyl (C=O) groups excluding carboxylic acids is 2. The molecule has 0 saturated heterocycles. The van der Waals surface area contributed by atoms with Crippen molar-refractivity contribution in [3.05, 3.63) is 47.3 Å². The largest absolute Gasteiger partial charge is 0.497 e. The van der Waals surface area contributed by atoms with Gasteiger partial charge in [-0.05, 0) is 70.2 Å². The molecule has 0 bridgehead atoms. The van der Waals surface area contributed by atoms with Gasteiger partial charge < -0.3 is 20.1 Å². The first-order valence-electron chi connectivity index (χ1n) is 11.2.